The van der Waals surface area contributed by atoms with Crippen LogP contribution >= 0.6 is 0 Å². The quantitative estimate of drug-likeness (QED) is 0.489. The minimum absolute atomic E-state index is 0.135. The highest BCUT2D eigenvalue weighted by molar-refractivity contribution is 5.88. The molecular formula is C13H16N3O4. The second-order valence-corrected chi connectivity index (χ2v) is 4.12. The molecule has 0 aliphatic rings. The van der Waals surface area contributed by atoms with Crippen LogP contribution in [0.4, 0.5) is 0 Å². The SMILES string of the molecule is NC(Cc1ccc(O)cc1)C(=O)NCC(=O)NC[C]=O. The van der Waals surface area contributed by atoms with Crippen molar-refractivity contribution in [2.24, 2.45) is 5.73 Å². The molecule has 0 bridgehead atoms. The zero-order valence-corrected chi connectivity index (χ0v) is 10.8. The van der Waals surface area contributed by atoms with Crippen molar-refractivity contribution >= 4 is 18.1 Å². The topological polar surface area (TPSA) is 122 Å². The van der Waals surface area contributed by atoms with Gasteiger partial charge in [-0.05, 0) is 24.1 Å². The van der Waals surface area contributed by atoms with E-state index in [1.54, 1.807) is 12.1 Å². The van der Waals surface area contributed by atoms with Gasteiger partial charge in [0.05, 0.1) is 19.1 Å². The minimum atomic E-state index is -0.801. The number of rotatable bonds is 7. The summed E-state index contributed by atoms with van der Waals surface area (Å²) in [6, 6.07) is 5.53. The molecule has 20 heavy (non-hydrogen) atoms. The summed E-state index contributed by atoms with van der Waals surface area (Å²) in [5.41, 5.74) is 6.50. The van der Waals surface area contributed by atoms with E-state index in [4.69, 9.17) is 10.8 Å². The Kier molecular flexibility index (Phi) is 6.18. The monoisotopic (exact) mass is 278 g/mol. The standard InChI is InChI=1S/C13H16N3O4/c14-11(7-9-1-3-10(18)4-2-9)13(20)16-8-12(19)15-5-6-17/h1-4,11,18H,5,7-8,14H2,(H,15,19)(H,16,20). The lowest BCUT2D eigenvalue weighted by Crippen LogP contribution is -2.46. The highest BCUT2D eigenvalue weighted by Gasteiger charge is 2.14. The van der Waals surface area contributed by atoms with E-state index in [0.717, 1.165) is 5.56 Å². The summed E-state index contributed by atoms with van der Waals surface area (Å²) in [5.74, 6) is -0.822. The Hall–Kier alpha value is -2.41. The molecule has 0 spiro atoms. The first-order valence-electron chi connectivity index (χ1n) is 5.96. The number of nitrogens with two attached hydrogens (primary N) is 1. The highest BCUT2D eigenvalue weighted by atomic mass is 16.3. The fraction of sp³-hybridized carbons (Fsp3) is 0.308. The summed E-state index contributed by atoms with van der Waals surface area (Å²) < 4.78 is 0. The molecule has 2 amide bonds. The smallest absolute Gasteiger partial charge is 0.239 e. The molecular weight excluding hydrogens is 262 g/mol. The van der Waals surface area contributed by atoms with Crippen LogP contribution in [0.5, 0.6) is 5.75 Å². The van der Waals surface area contributed by atoms with Gasteiger partial charge in [0, 0.05) is 0 Å². The molecule has 5 N–H and O–H groups in total. The molecule has 0 aromatic heterocycles. The number of nitrogens with one attached hydrogen (secondary N) is 2. The highest BCUT2D eigenvalue weighted by Crippen LogP contribution is 2.10. The summed E-state index contributed by atoms with van der Waals surface area (Å²) in [7, 11) is 0. The molecule has 1 aromatic carbocycles. The summed E-state index contributed by atoms with van der Waals surface area (Å²) >= 11 is 0. The summed E-state index contributed by atoms with van der Waals surface area (Å²) in [6.45, 7) is -0.460. The number of benzene rings is 1. The Morgan fingerprint density at radius 1 is 1.25 bits per heavy atom. The third kappa shape index (κ3) is 5.49. The van der Waals surface area contributed by atoms with Gasteiger partial charge in [0.1, 0.15) is 5.75 Å². The predicted molar refractivity (Wildman–Crippen MR) is 71.5 cm³/mol. The first-order chi connectivity index (χ1) is 9.52. The van der Waals surface area contributed by atoms with Gasteiger partial charge < -0.3 is 21.5 Å². The molecule has 1 rings (SSSR count). The van der Waals surface area contributed by atoms with Crippen LogP contribution < -0.4 is 16.4 Å². The molecule has 0 heterocycles. The van der Waals surface area contributed by atoms with E-state index in [0.29, 0.717) is 0 Å². The lowest BCUT2D eigenvalue weighted by atomic mass is 10.1. The van der Waals surface area contributed by atoms with E-state index in [9.17, 15) is 14.4 Å². The van der Waals surface area contributed by atoms with Crippen molar-refractivity contribution in [3.05, 3.63) is 29.8 Å². The number of aromatic hydroxyl groups is 1. The predicted octanol–water partition coefficient (Wildman–Crippen LogP) is -1.40. The van der Waals surface area contributed by atoms with Gasteiger partial charge in [-0.15, -0.1) is 0 Å². The first kappa shape index (κ1) is 15.6. The molecule has 0 saturated heterocycles. The number of amides is 2. The molecule has 1 atom stereocenters. The fourth-order valence-electron chi connectivity index (χ4n) is 1.47. The van der Waals surface area contributed by atoms with Crippen molar-refractivity contribution in [1.82, 2.24) is 10.6 Å². The van der Waals surface area contributed by atoms with E-state index in [1.807, 2.05) is 0 Å². The van der Waals surface area contributed by atoms with Gasteiger partial charge in [-0.25, -0.2) is 0 Å². The Bertz CT molecular complexity index is 473. The van der Waals surface area contributed by atoms with Crippen molar-refractivity contribution in [2.45, 2.75) is 12.5 Å². The molecule has 1 unspecified atom stereocenters. The number of hydrogen-bond donors (Lipinski definition) is 4. The second kappa shape index (κ2) is 7.90. The summed E-state index contributed by atoms with van der Waals surface area (Å²) in [5, 5.41) is 13.7. The molecule has 1 aromatic rings. The number of carbonyl (C=O) groups is 2. The van der Waals surface area contributed by atoms with Crippen LogP contribution in [0.2, 0.25) is 0 Å². The van der Waals surface area contributed by atoms with E-state index in [-0.39, 0.29) is 25.3 Å². The zero-order valence-electron chi connectivity index (χ0n) is 10.8. The van der Waals surface area contributed by atoms with Crippen molar-refractivity contribution in [3.8, 4) is 5.75 Å². The van der Waals surface area contributed by atoms with Crippen LogP contribution in [-0.4, -0.2) is 42.3 Å². The number of carbonyl (C=O) groups excluding carboxylic acids is 3. The first-order valence-corrected chi connectivity index (χ1v) is 5.96. The molecule has 0 fully saturated rings. The maximum atomic E-state index is 11.6. The Labute approximate surface area is 116 Å². The summed E-state index contributed by atoms with van der Waals surface area (Å²) in [4.78, 5) is 32.7. The minimum Gasteiger partial charge on any atom is -0.508 e. The lowest BCUT2D eigenvalue weighted by molar-refractivity contribution is -0.126. The van der Waals surface area contributed by atoms with E-state index >= 15 is 0 Å². The maximum absolute atomic E-state index is 11.6. The van der Waals surface area contributed by atoms with Gasteiger partial charge in [0.2, 0.25) is 18.1 Å². The van der Waals surface area contributed by atoms with Crippen molar-refractivity contribution < 1.29 is 19.5 Å². The van der Waals surface area contributed by atoms with Gasteiger partial charge in [0.15, 0.2) is 0 Å². The van der Waals surface area contributed by atoms with Gasteiger partial charge in [-0.1, -0.05) is 12.1 Å². The van der Waals surface area contributed by atoms with Crippen LogP contribution in [-0.2, 0) is 20.8 Å². The largest absolute Gasteiger partial charge is 0.508 e. The maximum Gasteiger partial charge on any atom is 0.239 e. The molecule has 1 radical (unpaired) electrons. The van der Waals surface area contributed by atoms with Crippen molar-refractivity contribution in [2.75, 3.05) is 13.1 Å². The Morgan fingerprint density at radius 3 is 2.50 bits per heavy atom. The van der Waals surface area contributed by atoms with E-state index in [2.05, 4.69) is 10.6 Å². The molecule has 0 aliphatic carbocycles. The molecule has 7 heteroatoms. The Balaban J connectivity index is 2.37. The van der Waals surface area contributed by atoms with Crippen LogP contribution in [0.3, 0.4) is 0 Å². The lowest BCUT2D eigenvalue weighted by Gasteiger charge is -2.12. The average molecular weight is 278 g/mol. The number of hydrogen-bond acceptors (Lipinski definition) is 5. The molecule has 0 saturated carbocycles. The van der Waals surface area contributed by atoms with Crippen molar-refractivity contribution in [1.29, 1.82) is 0 Å². The number of phenolic OH excluding ortho intramolecular Hbond substituents is 1. The van der Waals surface area contributed by atoms with Crippen molar-refractivity contribution in [3.63, 3.8) is 0 Å². The fourth-order valence-corrected chi connectivity index (χ4v) is 1.47. The average Bonchev–Trinajstić information content (AvgIpc) is 2.44. The normalized spacial score (nSPS) is 11.4. The van der Waals surface area contributed by atoms with Gasteiger partial charge in [0.25, 0.3) is 0 Å². The van der Waals surface area contributed by atoms with Crippen LogP contribution in [0, 0.1) is 0 Å². The van der Waals surface area contributed by atoms with Gasteiger partial charge >= 0.3 is 0 Å². The van der Waals surface area contributed by atoms with E-state index < -0.39 is 17.9 Å². The zero-order chi connectivity index (χ0) is 15.0. The van der Waals surface area contributed by atoms with Crippen LogP contribution in [0.1, 0.15) is 5.56 Å². The molecule has 7 nitrogen and oxygen atoms in total. The van der Waals surface area contributed by atoms with Crippen LogP contribution in [0.25, 0.3) is 0 Å². The third-order valence-electron chi connectivity index (χ3n) is 2.51. The van der Waals surface area contributed by atoms with E-state index in [1.165, 1.54) is 18.4 Å². The summed E-state index contributed by atoms with van der Waals surface area (Å²) in [6.07, 6.45) is 1.79. The third-order valence-corrected chi connectivity index (χ3v) is 2.51. The Morgan fingerprint density at radius 2 is 1.90 bits per heavy atom. The van der Waals surface area contributed by atoms with Gasteiger partial charge in [-0.3, -0.25) is 14.4 Å². The molecule has 107 valence electrons. The van der Waals surface area contributed by atoms with Crippen LogP contribution in [0.15, 0.2) is 24.3 Å². The number of phenols is 1. The van der Waals surface area contributed by atoms with Gasteiger partial charge in [-0.2, -0.15) is 0 Å². The second-order valence-electron chi connectivity index (χ2n) is 4.12. The molecule has 0 aliphatic heterocycles.